The molecule has 0 heterocycles. The van der Waals surface area contributed by atoms with Crippen LogP contribution in [0.15, 0.2) is 0 Å². The number of hydrogen-bond donors (Lipinski definition) is 2. The van der Waals surface area contributed by atoms with E-state index < -0.39 is 0 Å². The molecule has 0 bridgehead atoms. The maximum absolute atomic E-state index is 11.7. The van der Waals surface area contributed by atoms with Crippen molar-refractivity contribution in [3.63, 3.8) is 0 Å². The second-order valence-corrected chi connectivity index (χ2v) is 4.84. The van der Waals surface area contributed by atoms with Crippen LogP contribution in [0, 0.1) is 11.8 Å². The molecule has 3 atom stereocenters. The van der Waals surface area contributed by atoms with E-state index in [1.54, 1.807) is 0 Å². The van der Waals surface area contributed by atoms with Gasteiger partial charge in [0.1, 0.15) is 0 Å². The van der Waals surface area contributed by atoms with Crippen molar-refractivity contribution in [1.29, 1.82) is 0 Å². The van der Waals surface area contributed by atoms with Crippen molar-refractivity contribution in [3.8, 4) is 0 Å². The Morgan fingerprint density at radius 2 is 2.27 bits per heavy atom. The lowest BCUT2D eigenvalue weighted by molar-refractivity contribution is -0.125. The van der Waals surface area contributed by atoms with Crippen LogP contribution in [-0.2, 0) is 4.79 Å². The number of thiocarbonyl (C=S) groups is 1. The summed E-state index contributed by atoms with van der Waals surface area (Å²) in [6.45, 7) is 3.96. The minimum atomic E-state index is 0.0811. The summed E-state index contributed by atoms with van der Waals surface area (Å²) in [6, 6.07) is 0.170. The molecule has 1 amide bonds. The molecule has 4 heteroatoms. The van der Waals surface area contributed by atoms with Crippen molar-refractivity contribution in [2.75, 3.05) is 0 Å². The fourth-order valence-corrected chi connectivity index (χ4v) is 2.27. The van der Waals surface area contributed by atoms with E-state index in [4.69, 9.17) is 18.0 Å². The zero-order chi connectivity index (χ0) is 11.4. The Balaban J connectivity index is 2.50. The van der Waals surface area contributed by atoms with E-state index in [1.165, 1.54) is 0 Å². The van der Waals surface area contributed by atoms with Gasteiger partial charge in [0.05, 0.1) is 4.99 Å². The third kappa shape index (κ3) is 3.16. The first-order valence-corrected chi connectivity index (χ1v) is 6.06. The summed E-state index contributed by atoms with van der Waals surface area (Å²) in [5, 5.41) is 3.05. The van der Waals surface area contributed by atoms with Gasteiger partial charge in [0.25, 0.3) is 0 Å². The number of hydrogen-bond acceptors (Lipinski definition) is 2. The molecule has 0 aromatic rings. The standard InChI is InChI=1S/C11H20N2OS/c1-3-7(2)11(14)13-9-6-4-5-8(9)10(12)15/h7-9H,3-6H2,1-2H3,(H2,12,15)(H,13,14). The lowest BCUT2D eigenvalue weighted by atomic mass is 10.0. The Labute approximate surface area is 96.8 Å². The van der Waals surface area contributed by atoms with Gasteiger partial charge in [-0.3, -0.25) is 4.79 Å². The second-order valence-electron chi connectivity index (χ2n) is 4.36. The highest BCUT2D eigenvalue weighted by Gasteiger charge is 2.31. The van der Waals surface area contributed by atoms with E-state index in [-0.39, 0.29) is 23.8 Å². The molecule has 0 aromatic heterocycles. The Morgan fingerprint density at radius 1 is 1.60 bits per heavy atom. The Hall–Kier alpha value is -0.640. The predicted molar refractivity (Wildman–Crippen MR) is 65.5 cm³/mol. The smallest absolute Gasteiger partial charge is 0.223 e. The van der Waals surface area contributed by atoms with E-state index in [9.17, 15) is 4.79 Å². The Bertz CT molecular complexity index is 255. The quantitative estimate of drug-likeness (QED) is 0.719. The van der Waals surface area contributed by atoms with Crippen LogP contribution >= 0.6 is 12.2 Å². The van der Waals surface area contributed by atoms with Crippen molar-refractivity contribution in [2.45, 2.75) is 45.6 Å². The molecule has 0 spiro atoms. The zero-order valence-electron chi connectivity index (χ0n) is 9.45. The largest absolute Gasteiger partial charge is 0.393 e. The summed E-state index contributed by atoms with van der Waals surface area (Å²) in [5.41, 5.74) is 5.65. The first-order chi connectivity index (χ1) is 7.06. The van der Waals surface area contributed by atoms with E-state index in [0.29, 0.717) is 4.99 Å². The van der Waals surface area contributed by atoms with E-state index in [0.717, 1.165) is 25.7 Å². The maximum Gasteiger partial charge on any atom is 0.223 e. The molecule has 15 heavy (non-hydrogen) atoms. The fourth-order valence-electron chi connectivity index (χ4n) is 1.98. The van der Waals surface area contributed by atoms with Crippen LogP contribution in [0.2, 0.25) is 0 Å². The number of amides is 1. The first kappa shape index (κ1) is 12.4. The summed E-state index contributed by atoms with van der Waals surface area (Å²) < 4.78 is 0. The highest BCUT2D eigenvalue weighted by molar-refractivity contribution is 7.80. The van der Waals surface area contributed by atoms with Gasteiger partial charge in [-0.15, -0.1) is 0 Å². The molecule has 3 nitrogen and oxygen atoms in total. The van der Waals surface area contributed by atoms with Gasteiger partial charge in [-0.05, 0) is 19.3 Å². The highest BCUT2D eigenvalue weighted by Crippen LogP contribution is 2.26. The molecule has 3 N–H and O–H groups in total. The van der Waals surface area contributed by atoms with Gasteiger partial charge < -0.3 is 11.1 Å². The molecule has 0 radical (unpaired) electrons. The minimum absolute atomic E-state index is 0.0811. The number of nitrogens with one attached hydrogen (secondary N) is 1. The normalized spacial score (nSPS) is 27.3. The zero-order valence-corrected chi connectivity index (χ0v) is 10.3. The fraction of sp³-hybridized carbons (Fsp3) is 0.818. The molecule has 1 aliphatic rings. The van der Waals surface area contributed by atoms with Crippen LogP contribution in [0.5, 0.6) is 0 Å². The average Bonchev–Trinajstić information content (AvgIpc) is 2.64. The van der Waals surface area contributed by atoms with Gasteiger partial charge >= 0.3 is 0 Å². The molecule has 1 saturated carbocycles. The molecular formula is C11H20N2OS. The summed E-state index contributed by atoms with van der Waals surface area (Å²) >= 11 is 5.01. The SMILES string of the molecule is CCC(C)C(=O)NC1CCCC1C(N)=S. The van der Waals surface area contributed by atoms with Gasteiger partial charge in [-0.1, -0.05) is 32.5 Å². The molecule has 86 valence electrons. The van der Waals surface area contributed by atoms with Crippen molar-refractivity contribution >= 4 is 23.1 Å². The Kier molecular flexibility index (Phi) is 4.51. The first-order valence-electron chi connectivity index (χ1n) is 5.66. The van der Waals surface area contributed by atoms with Crippen LogP contribution in [0.4, 0.5) is 0 Å². The lowest BCUT2D eigenvalue weighted by Crippen LogP contribution is -2.43. The molecule has 1 fully saturated rings. The predicted octanol–water partition coefficient (Wildman–Crippen LogP) is 1.60. The minimum Gasteiger partial charge on any atom is -0.393 e. The molecule has 0 aromatic carbocycles. The third-order valence-electron chi connectivity index (χ3n) is 3.27. The van der Waals surface area contributed by atoms with E-state index in [1.807, 2.05) is 13.8 Å². The van der Waals surface area contributed by atoms with Crippen molar-refractivity contribution in [3.05, 3.63) is 0 Å². The average molecular weight is 228 g/mol. The molecule has 3 unspecified atom stereocenters. The van der Waals surface area contributed by atoms with E-state index >= 15 is 0 Å². The van der Waals surface area contributed by atoms with Crippen LogP contribution in [0.3, 0.4) is 0 Å². The molecule has 0 saturated heterocycles. The monoisotopic (exact) mass is 228 g/mol. The molecule has 1 aliphatic carbocycles. The van der Waals surface area contributed by atoms with Crippen LogP contribution in [0.1, 0.15) is 39.5 Å². The summed E-state index contributed by atoms with van der Waals surface area (Å²) in [4.78, 5) is 12.2. The van der Waals surface area contributed by atoms with Gasteiger partial charge in [0.15, 0.2) is 0 Å². The molecule has 0 aliphatic heterocycles. The van der Waals surface area contributed by atoms with Crippen molar-refractivity contribution < 1.29 is 4.79 Å². The van der Waals surface area contributed by atoms with E-state index in [2.05, 4.69) is 5.32 Å². The molecule has 1 rings (SSSR count). The number of rotatable bonds is 4. The van der Waals surface area contributed by atoms with Gasteiger partial charge in [0.2, 0.25) is 5.91 Å². The number of nitrogens with two attached hydrogens (primary N) is 1. The summed E-state index contributed by atoms with van der Waals surface area (Å²) in [7, 11) is 0. The lowest BCUT2D eigenvalue weighted by Gasteiger charge is -2.21. The Morgan fingerprint density at radius 3 is 2.80 bits per heavy atom. The maximum atomic E-state index is 11.7. The van der Waals surface area contributed by atoms with Crippen LogP contribution in [-0.4, -0.2) is 16.9 Å². The van der Waals surface area contributed by atoms with Gasteiger partial charge in [-0.25, -0.2) is 0 Å². The van der Waals surface area contributed by atoms with Crippen molar-refractivity contribution in [1.82, 2.24) is 5.32 Å². The van der Waals surface area contributed by atoms with Gasteiger partial charge in [-0.2, -0.15) is 0 Å². The number of carbonyl (C=O) groups is 1. The molecular weight excluding hydrogens is 208 g/mol. The van der Waals surface area contributed by atoms with Crippen molar-refractivity contribution in [2.24, 2.45) is 17.6 Å². The number of carbonyl (C=O) groups excluding carboxylic acids is 1. The second kappa shape index (κ2) is 5.45. The topological polar surface area (TPSA) is 55.1 Å². The summed E-state index contributed by atoms with van der Waals surface area (Å²) in [6.07, 6.45) is 3.99. The highest BCUT2D eigenvalue weighted by atomic mass is 32.1. The van der Waals surface area contributed by atoms with Gasteiger partial charge in [0, 0.05) is 17.9 Å². The van der Waals surface area contributed by atoms with Crippen LogP contribution in [0.25, 0.3) is 0 Å². The summed E-state index contributed by atoms with van der Waals surface area (Å²) in [5.74, 6) is 0.413. The van der Waals surface area contributed by atoms with Crippen LogP contribution < -0.4 is 11.1 Å². The third-order valence-corrected chi connectivity index (χ3v) is 3.57.